The second kappa shape index (κ2) is 36.1. The number of carbonyl (C=O) groups excluding carboxylic acids is 13. The van der Waals surface area contributed by atoms with Gasteiger partial charge in [0.1, 0.15) is 42.0 Å². The molecule has 0 saturated carbocycles. The number of amides is 13. The lowest BCUT2D eigenvalue weighted by molar-refractivity contribution is -0.141. The van der Waals surface area contributed by atoms with Crippen molar-refractivity contribution in [2.75, 3.05) is 67.5 Å². The van der Waals surface area contributed by atoms with Gasteiger partial charge in [0.2, 0.25) is 76.8 Å². The number of phenols is 1. The summed E-state index contributed by atoms with van der Waals surface area (Å²) in [7, 11) is 0. The van der Waals surface area contributed by atoms with Crippen molar-refractivity contribution in [1.29, 1.82) is 0 Å². The Kier molecular flexibility index (Phi) is 30.6. The van der Waals surface area contributed by atoms with Gasteiger partial charge in [0.15, 0.2) is 5.96 Å². The summed E-state index contributed by atoms with van der Waals surface area (Å²) in [6.45, 7) is -0.554. The van der Waals surface area contributed by atoms with Gasteiger partial charge in [0, 0.05) is 44.1 Å². The monoisotopic (exact) mass is 1170 g/mol. The molecule has 0 aromatic heterocycles. The molecule has 1 aliphatic heterocycles. The lowest BCUT2D eigenvalue weighted by Crippen LogP contribution is -2.58. The molecule has 35 heteroatoms. The van der Waals surface area contributed by atoms with Crippen LogP contribution in [0.2, 0.25) is 0 Å². The van der Waals surface area contributed by atoms with Crippen LogP contribution < -0.4 is 81.0 Å². The first kappa shape index (κ1) is 67.0. The van der Waals surface area contributed by atoms with E-state index >= 15 is 0 Å². The van der Waals surface area contributed by atoms with Crippen LogP contribution in [0.4, 0.5) is 0 Å². The molecular formula is C44H66N16O16S3. The molecule has 13 amide bonds. The molecule has 1 aromatic carbocycles. The van der Waals surface area contributed by atoms with Crippen LogP contribution in [-0.4, -0.2) is 203 Å². The van der Waals surface area contributed by atoms with Crippen LogP contribution in [0.1, 0.15) is 38.7 Å². The Bertz CT molecular complexity index is 2400. The number of hydrogen-bond donors (Lipinski definition) is 17. The molecule has 436 valence electrons. The van der Waals surface area contributed by atoms with Gasteiger partial charge >= 0.3 is 5.97 Å². The molecule has 0 spiro atoms. The molecule has 20 N–H and O–H groups in total. The number of guanidine groups is 1. The molecule has 1 aromatic rings. The van der Waals surface area contributed by atoms with Crippen molar-refractivity contribution in [1.82, 2.24) is 63.8 Å². The smallest absolute Gasteiger partial charge is 0.305 e. The zero-order valence-corrected chi connectivity index (χ0v) is 45.3. The number of primary amides is 1. The quantitative estimate of drug-likeness (QED) is 0.0168. The lowest BCUT2D eigenvalue weighted by Gasteiger charge is -2.25. The summed E-state index contributed by atoms with van der Waals surface area (Å²) in [5, 5.41) is 47.8. The number of rotatable bonds is 27. The Hall–Kier alpha value is -8.08. The van der Waals surface area contributed by atoms with E-state index in [2.05, 4.69) is 68.8 Å². The first-order valence-corrected chi connectivity index (χ1v) is 27.2. The number of aromatic hydroxyl groups is 1. The maximum atomic E-state index is 13.8. The Morgan fingerprint density at radius 2 is 1.27 bits per heavy atom. The Balaban J connectivity index is 2.23. The van der Waals surface area contributed by atoms with Crippen molar-refractivity contribution < 1.29 is 77.3 Å². The van der Waals surface area contributed by atoms with Gasteiger partial charge in [0.25, 0.3) is 0 Å². The number of carboxylic acid groups (broad SMARTS) is 1. The van der Waals surface area contributed by atoms with Crippen LogP contribution in [-0.2, 0) is 73.5 Å². The van der Waals surface area contributed by atoms with Crippen molar-refractivity contribution in [3.05, 3.63) is 29.8 Å². The Labute approximate surface area is 464 Å². The Morgan fingerprint density at radius 3 is 1.86 bits per heavy atom. The number of nitrogens with zero attached hydrogens (tertiary/aromatic N) is 1. The molecule has 2 rings (SSSR count). The van der Waals surface area contributed by atoms with Crippen LogP contribution in [0.3, 0.4) is 0 Å². The summed E-state index contributed by atoms with van der Waals surface area (Å²) in [5.41, 5.74) is 16.6. The average Bonchev–Trinajstić information content (AvgIpc) is 3.37. The van der Waals surface area contributed by atoms with Crippen molar-refractivity contribution in [2.24, 2.45) is 22.2 Å². The van der Waals surface area contributed by atoms with Crippen LogP contribution in [0.15, 0.2) is 29.3 Å². The van der Waals surface area contributed by atoms with E-state index in [4.69, 9.17) is 17.2 Å². The van der Waals surface area contributed by atoms with E-state index in [0.29, 0.717) is 5.56 Å². The molecule has 1 saturated heterocycles. The fourth-order valence-electron chi connectivity index (χ4n) is 6.35. The van der Waals surface area contributed by atoms with Gasteiger partial charge in [-0.3, -0.25) is 72.1 Å². The molecule has 79 heavy (non-hydrogen) atoms. The number of aliphatic imine (C=N–C) groups is 1. The molecule has 0 bridgehead atoms. The van der Waals surface area contributed by atoms with Crippen molar-refractivity contribution in [3.63, 3.8) is 0 Å². The zero-order valence-electron chi connectivity index (χ0n) is 42.9. The van der Waals surface area contributed by atoms with Crippen molar-refractivity contribution in [2.45, 2.75) is 75.8 Å². The summed E-state index contributed by atoms with van der Waals surface area (Å²) in [6, 6.07) is -3.03. The number of benzene rings is 1. The third-order valence-electron chi connectivity index (χ3n) is 10.2. The highest BCUT2D eigenvalue weighted by molar-refractivity contribution is 8.00. The number of aliphatic carboxylic acids is 1. The predicted octanol–water partition coefficient (Wildman–Crippen LogP) is -8.28. The molecule has 1 fully saturated rings. The van der Waals surface area contributed by atoms with Crippen molar-refractivity contribution in [3.8, 4) is 5.75 Å². The van der Waals surface area contributed by atoms with E-state index in [9.17, 15) is 77.3 Å². The minimum Gasteiger partial charge on any atom is -0.508 e. The van der Waals surface area contributed by atoms with Gasteiger partial charge in [-0.25, -0.2) is 0 Å². The highest BCUT2D eigenvalue weighted by atomic mass is 32.2. The topological polar surface area (TPSA) is 514 Å². The second-order valence-corrected chi connectivity index (χ2v) is 20.0. The average molecular weight is 1170 g/mol. The highest BCUT2D eigenvalue weighted by Crippen LogP contribution is 2.13. The third-order valence-corrected chi connectivity index (χ3v) is 13.1. The first-order valence-electron chi connectivity index (χ1n) is 23.8. The number of thioether (sulfide) groups is 3. The number of carboxylic acids is 1. The molecule has 1 heterocycles. The first-order chi connectivity index (χ1) is 37.3. The van der Waals surface area contributed by atoms with E-state index < -0.39 is 157 Å². The molecule has 0 aliphatic carbocycles. The molecular weight excluding hydrogens is 1100 g/mol. The number of nitrogens with one attached hydrogen (secondary N) is 12. The normalized spacial score (nSPS) is 18.0. The molecule has 1 aliphatic rings. The van der Waals surface area contributed by atoms with E-state index in [-0.39, 0.29) is 66.7 Å². The van der Waals surface area contributed by atoms with Crippen LogP contribution >= 0.6 is 35.3 Å². The van der Waals surface area contributed by atoms with E-state index in [0.717, 1.165) is 35.3 Å². The number of carbonyl (C=O) groups is 14. The fraction of sp³-hybridized carbons (Fsp3) is 0.523. The van der Waals surface area contributed by atoms with Crippen LogP contribution in [0, 0.1) is 0 Å². The minimum atomic E-state index is -1.85. The minimum absolute atomic E-state index is 0.0106. The molecule has 6 atom stereocenters. The highest BCUT2D eigenvalue weighted by Gasteiger charge is 2.32. The summed E-state index contributed by atoms with van der Waals surface area (Å²) in [5.74, 6) is -13.9. The molecule has 0 radical (unpaired) electrons. The van der Waals surface area contributed by atoms with Crippen LogP contribution in [0.25, 0.3) is 0 Å². The van der Waals surface area contributed by atoms with E-state index in [1.807, 2.05) is 0 Å². The maximum absolute atomic E-state index is 13.8. The molecule has 0 unspecified atom stereocenters. The number of nitrogens with two attached hydrogens (primary N) is 3. The summed E-state index contributed by atoms with van der Waals surface area (Å²) in [6.07, 6.45) is -1.09. The lowest BCUT2D eigenvalue weighted by atomic mass is 10.0. The maximum Gasteiger partial charge on any atom is 0.305 e. The third kappa shape index (κ3) is 29.3. The van der Waals surface area contributed by atoms with E-state index in [1.165, 1.54) is 38.1 Å². The van der Waals surface area contributed by atoms with Gasteiger partial charge in [-0.15, -0.1) is 35.3 Å². The Morgan fingerprint density at radius 1 is 0.696 bits per heavy atom. The van der Waals surface area contributed by atoms with Crippen LogP contribution in [0.5, 0.6) is 5.75 Å². The number of hydrogen-bond acceptors (Lipinski definition) is 19. The second-order valence-electron chi connectivity index (χ2n) is 16.9. The van der Waals surface area contributed by atoms with Gasteiger partial charge in [-0.1, -0.05) is 12.1 Å². The van der Waals surface area contributed by atoms with E-state index in [1.54, 1.807) is 0 Å². The standard InChI is InChI=1S/C44H66N16O16S3/c1-22(61)53-20-78-16-29(38(45)71)57-35(67)15-52-40(73)30(18-79-21-54-23(2)62)58-33(65)13-49-32(64)12-50-41(74)31-17-77-19-36(68)56-27(10-24-5-7-25(63)8-6-24)42(75)59-26(4-3-9-48-44(46)47)39(72)51-14-34(66)55-28(11-37(69)70)43(76)60-31/h5-8,26-31,63H,3-4,9-21H2,1-2H3,(H2,45,71)(H,49,64)(H,50,74)(H,51,72)(H,52,73)(H,53,61)(H,54,62)(H,55,66)(H,56,68)(H,57,67)(H,58,65)(H,59,75)(H,60,76)(H,69,70)(H4,46,47,48)/t26-,27+,28-,29+,30+,31-/m1/s1. The summed E-state index contributed by atoms with van der Waals surface area (Å²) >= 11 is 2.84. The number of phenolic OH excluding ortho intramolecular Hbond substituents is 1. The van der Waals surface area contributed by atoms with Gasteiger partial charge in [0.05, 0.1) is 50.1 Å². The fourth-order valence-corrected chi connectivity index (χ4v) is 9.01. The SMILES string of the molecule is CC(=O)NCSC[C@H](NC(=O)CNC(=O)[C@H](CSCNC(C)=O)NC(=O)CNC(=O)CNC(=O)[C@H]1CSCC(=O)N[C@@H](Cc2ccc(O)cc2)C(=O)N[C@H](CCCN=C(N)N)C(=O)NCC(=O)N[C@H](CC(=O)O)C(=O)N1)C(N)=O. The van der Waals surface area contributed by atoms with Gasteiger partial charge in [-0.2, -0.15) is 0 Å². The van der Waals surface area contributed by atoms with Gasteiger partial charge in [-0.05, 0) is 30.5 Å². The van der Waals surface area contributed by atoms with Crippen molar-refractivity contribution >= 4 is 124 Å². The molecule has 32 nitrogen and oxygen atoms in total. The predicted molar refractivity (Wildman–Crippen MR) is 286 cm³/mol. The zero-order chi connectivity index (χ0) is 59.0. The summed E-state index contributed by atoms with van der Waals surface area (Å²) < 4.78 is 0. The van der Waals surface area contributed by atoms with Gasteiger partial charge < -0.3 is 91.2 Å². The largest absolute Gasteiger partial charge is 0.508 e. The summed E-state index contributed by atoms with van der Waals surface area (Å²) in [4.78, 5) is 183.